The number of aliphatic hydroxyl groups is 1. The van der Waals surface area contributed by atoms with Crippen molar-refractivity contribution >= 4 is 11.6 Å². The molecule has 18 heavy (non-hydrogen) atoms. The highest BCUT2D eigenvalue weighted by molar-refractivity contribution is 6.31. The second-order valence-electron chi connectivity index (χ2n) is 3.83. The van der Waals surface area contributed by atoms with Gasteiger partial charge >= 0.3 is 0 Å². The van der Waals surface area contributed by atoms with E-state index < -0.39 is 17.7 Å². The van der Waals surface area contributed by atoms with E-state index >= 15 is 0 Å². The van der Waals surface area contributed by atoms with Crippen molar-refractivity contribution in [2.75, 3.05) is 0 Å². The van der Waals surface area contributed by atoms with Crippen molar-refractivity contribution < 1.29 is 13.9 Å². The number of pyridine rings is 1. The van der Waals surface area contributed by atoms with Crippen LogP contribution in [0.2, 0.25) is 5.02 Å². The molecule has 0 spiro atoms. The summed E-state index contributed by atoms with van der Waals surface area (Å²) in [6, 6.07) is 6.31. The van der Waals surface area contributed by atoms with E-state index in [1.807, 2.05) is 0 Å². The predicted octanol–water partition coefficient (Wildman–Crippen LogP) is 3.29. The van der Waals surface area contributed by atoms with Gasteiger partial charge in [0.1, 0.15) is 17.7 Å². The highest BCUT2D eigenvalue weighted by Gasteiger charge is 2.16. The number of nitrogens with zero attached hydrogens (tertiary/aromatic N) is 1. The third-order valence-electron chi connectivity index (χ3n) is 2.52. The molecule has 0 radical (unpaired) electrons. The molecule has 1 N–H and O–H groups in total. The van der Waals surface area contributed by atoms with Crippen LogP contribution in [0.15, 0.2) is 36.5 Å². The van der Waals surface area contributed by atoms with Gasteiger partial charge in [0.2, 0.25) is 0 Å². The van der Waals surface area contributed by atoms with Gasteiger partial charge < -0.3 is 5.11 Å². The van der Waals surface area contributed by atoms with E-state index in [1.165, 1.54) is 6.20 Å². The lowest BCUT2D eigenvalue weighted by atomic mass is 10.0. The summed E-state index contributed by atoms with van der Waals surface area (Å²) < 4.78 is 26.4. The second kappa shape index (κ2) is 5.42. The third-order valence-corrected chi connectivity index (χ3v) is 2.84. The lowest BCUT2D eigenvalue weighted by molar-refractivity contribution is 0.172. The minimum Gasteiger partial charge on any atom is -0.386 e. The van der Waals surface area contributed by atoms with Crippen LogP contribution in [0.25, 0.3) is 0 Å². The number of aromatic nitrogens is 1. The molecule has 1 aromatic carbocycles. The van der Waals surface area contributed by atoms with E-state index in [9.17, 15) is 13.9 Å². The summed E-state index contributed by atoms with van der Waals surface area (Å²) >= 11 is 5.87. The van der Waals surface area contributed by atoms with Crippen LogP contribution in [-0.2, 0) is 6.42 Å². The lowest BCUT2D eigenvalue weighted by Crippen LogP contribution is -2.06. The Hall–Kier alpha value is -1.52. The third kappa shape index (κ3) is 2.83. The van der Waals surface area contributed by atoms with Crippen molar-refractivity contribution in [1.82, 2.24) is 4.98 Å². The molecule has 94 valence electrons. The number of benzene rings is 1. The van der Waals surface area contributed by atoms with Gasteiger partial charge in [-0.15, -0.1) is 0 Å². The SMILES string of the molecule is OC(Cc1cc(F)ccc1F)c1ncccc1Cl. The fourth-order valence-corrected chi connectivity index (χ4v) is 1.90. The molecule has 0 saturated heterocycles. The average molecular weight is 270 g/mol. The number of aliphatic hydroxyl groups excluding tert-OH is 1. The lowest BCUT2D eigenvalue weighted by Gasteiger charge is -2.12. The Morgan fingerprint density at radius 2 is 2.06 bits per heavy atom. The number of hydrogen-bond acceptors (Lipinski definition) is 2. The van der Waals surface area contributed by atoms with Crippen LogP contribution in [-0.4, -0.2) is 10.1 Å². The zero-order valence-electron chi connectivity index (χ0n) is 9.28. The van der Waals surface area contributed by atoms with Gasteiger partial charge in [-0.3, -0.25) is 4.98 Å². The second-order valence-corrected chi connectivity index (χ2v) is 4.23. The molecular formula is C13H10ClF2NO. The van der Waals surface area contributed by atoms with E-state index in [1.54, 1.807) is 12.1 Å². The first-order valence-electron chi connectivity index (χ1n) is 5.30. The highest BCUT2D eigenvalue weighted by atomic mass is 35.5. The summed E-state index contributed by atoms with van der Waals surface area (Å²) in [6.07, 6.45) is 0.321. The first kappa shape index (κ1) is 12.9. The van der Waals surface area contributed by atoms with Crippen LogP contribution < -0.4 is 0 Å². The minimum atomic E-state index is -1.07. The van der Waals surface area contributed by atoms with Crippen molar-refractivity contribution in [1.29, 1.82) is 0 Å². The van der Waals surface area contributed by atoms with Gasteiger partial charge in [-0.1, -0.05) is 11.6 Å². The fourth-order valence-electron chi connectivity index (χ4n) is 1.65. The molecule has 0 aliphatic carbocycles. The Morgan fingerprint density at radius 1 is 1.28 bits per heavy atom. The maximum atomic E-state index is 13.4. The van der Waals surface area contributed by atoms with Gasteiger partial charge in [0, 0.05) is 12.6 Å². The number of hydrogen-bond donors (Lipinski definition) is 1. The molecule has 2 rings (SSSR count). The van der Waals surface area contributed by atoms with Gasteiger partial charge in [-0.05, 0) is 35.9 Å². The van der Waals surface area contributed by atoms with Crippen LogP contribution in [0.4, 0.5) is 8.78 Å². The smallest absolute Gasteiger partial charge is 0.126 e. The maximum absolute atomic E-state index is 13.4. The topological polar surface area (TPSA) is 33.1 Å². The zero-order chi connectivity index (χ0) is 13.1. The van der Waals surface area contributed by atoms with E-state index in [-0.39, 0.29) is 17.7 Å². The Labute approximate surface area is 108 Å². The van der Waals surface area contributed by atoms with Crippen molar-refractivity contribution in [3.8, 4) is 0 Å². The molecular weight excluding hydrogens is 260 g/mol. The summed E-state index contributed by atoms with van der Waals surface area (Å²) in [5.41, 5.74) is 0.340. The maximum Gasteiger partial charge on any atom is 0.126 e. The monoisotopic (exact) mass is 269 g/mol. The van der Waals surface area contributed by atoms with E-state index in [0.717, 1.165) is 18.2 Å². The van der Waals surface area contributed by atoms with Gasteiger partial charge in [-0.25, -0.2) is 8.78 Å². The molecule has 1 heterocycles. The number of halogens is 3. The first-order chi connectivity index (χ1) is 8.58. The normalized spacial score (nSPS) is 12.4. The van der Waals surface area contributed by atoms with Crippen LogP contribution in [0.3, 0.4) is 0 Å². The Balaban J connectivity index is 2.24. The summed E-state index contributed by atoms with van der Waals surface area (Å²) in [4.78, 5) is 3.93. The molecule has 0 aliphatic rings. The minimum absolute atomic E-state index is 0.0830. The molecule has 1 aromatic heterocycles. The van der Waals surface area contributed by atoms with Crippen LogP contribution in [0, 0.1) is 11.6 Å². The summed E-state index contributed by atoms with van der Waals surface area (Å²) in [6.45, 7) is 0. The zero-order valence-corrected chi connectivity index (χ0v) is 10.0. The molecule has 0 fully saturated rings. The molecule has 1 atom stereocenters. The van der Waals surface area contributed by atoms with Crippen LogP contribution in [0.1, 0.15) is 17.4 Å². The Bertz CT molecular complexity index is 562. The predicted molar refractivity (Wildman–Crippen MR) is 64.3 cm³/mol. The fraction of sp³-hybridized carbons (Fsp3) is 0.154. The van der Waals surface area contributed by atoms with Crippen molar-refractivity contribution in [2.45, 2.75) is 12.5 Å². The van der Waals surface area contributed by atoms with Gasteiger partial charge in [0.15, 0.2) is 0 Å². The van der Waals surface area contributed by atoms with Gasteiger partial charge in [0.25, 0.3) is 0 Å². The molecule has 5 heteroatoms. The van der Waals surface area contributed by atoms with Crippen molar-refractivity contribution in [2.24, 2.45) is 0 Å². The van der Waals surface area contributed by atoms with E-state index in [4.69, 9.17) is 11.6 Å². The van der Waals surface area contributed by atoms with E-state index in [0.29, 0.717) is 5.02 Å². The quantitative estimate of drug-likeness (QED) is 0.927. The average Bonchev–Trinajstić information content (AvgIpc) is 2.34. The molecule has 0 bridgehead atoms. The highest BCUT2D eigenvalue weighted by Crippen LogP contribution is 2.24. The summed E-state index contributed by atoms with van der Waals surface area (Å²) in [5, 5.41) is 10.2. The largest absolute Gasteiger partial charge is 0.386 e. The Morgan fingerprint density at radius 3 is 2.78 bits per heavy atom. The Kier molecular flexibility index (Phi) is 3.89. The van der Waals surface area contributed by atoms with Crippen LogP contribution >= 0.6 is 11.6 Å². The van der Waals surface area contributed by atoms with Gasteiger partial charge in [0.05, 0.1) is 10.7 Å². The molecule has 2 nitrogen and oxygen atoms in total. The summed E-state index contributed by atoms with van der Waals surface area (Å²) in [7, 11) is 0. The van der Waals surface area contributed by atoms with Crippen LogP contribution in [0.5, 0.6) is 0 Å². The molecule has 0 aliphatic heterocycles. The first-order valence-corrected chi connectivity index (χ1v) is 5.68. The molecule has 2 aromatic rings. The molecule has 0 amide bonds. The molecule has 0 saturated carbocycles. The van der Waals surface area contributed by atoms with Crippen molar-refractivity contribution in [3.63, 3.8) is 0 Å². The standard InChI is InChI=1S/C13H10ClF2NO/c14-10-2-1-5-17-13(10)12(18)7-8-6-9(15)3-4-11(8)16/h1-6,12,18H,7H2. The van der Waals surface area contributed by atoms with Gasteiger partial charge in [-0.2, -0.15) is 0 Å². The van der Waals surface area contributed by atoms with Crippen molar-refractivity contribution in [3.05, 3.63) is 64.4 Å². The molecule has 1 unspecified atom stereocenters. The van der Waals surface area contributed by atoms with E-state index in [2.05, 4.69) is 4.98 Å². The summed E-state index contributed by atoms with van der Waals surface area (Å²) in [5.74, 6) is -1.12. The number of rotatable bonds is 3.